The van der Waals surface area contributed by atoms with Crippen LogP contribution in [-0.4, -0.2) is 40.8 Å². The summed E-state index contributed by atoms with van der Waals surface area (Å²) in [5, 5.41) is 0. The smallest absolute Gasteiger partial charge is 0.379 e. The van der Waals surface area contributed by atoms with E-state index < -0.39 is 9.53 Å². The molecule has 0 spiro atoms. The third kappa shape index (κ3) is 6.05. The molecule has 0 aliphatic rings. The molecule has 0 radical (unpaired) electrons. The second-order valence-electron chi connectivity index (χ2n) is 1.76. The maximum Gasteiger partial charge on any atom is 0.483 e. The fourth-order valence-corrected chi connectivity index (χ4v) is 1.08. The first-order chi connectivity index (χ1) is 5.85. The number of nitrogens with one attached hydrogen (secondary N) is 1. The van der Waals surface area contributed by atoms with Crippen molar-refractivity contribution in [1.29, 1.82) is 0 Å². The molecule has 6 heteroatoms. The molecule has 0 amide bonds. The van der Waals surface area contributed by atoms with Crippen LogP contribution < -0.4 is 0 Å². The molecule has 1 aromatic rings. The summed E-state index contributed by atoms with van der Waals surface area (Å²) in [5.41, 5.74) is 0. The van der Waals surface area contributed by atoms with Gasteiger partial charge in [-0.05, 0) is 0 Å². The maximum absolute atomic E-state index is 4.74. The minimum atomic E-state index is -1.67. The monoisotopic (exact) mass is 190 g/mol. The van der Waals surface area contributed by atoms with Crippen LogP contribution >= 0.6 is 0 Å². The number of aromatic nitrogens is 2. The molecule has 0 unspecified atom stereocenters. The maximum atomic E-state index is 4.74. The Kier molecular flexibility index (Phi) is 7.92. The predicted octanol–water partition coefficient (Wildman–Crippen LogP) is 0.0525. The van der Waals surface area contributed by atoms with Gasteiger partial charge in [-0.3, -0.25) is 0 Å². The highest BCUT2D eigenvalue weighted by Gasteiger charge is 2.04. The van der Waals surface area contributed by atoms with Crippen LogP contribution in [0.4, 0.5) is 0 Å². The third-order valence-electron chi connectivity index (χ3n) is 0.983. The van der Waals surface area contributed by atoms with Crippen molar-refractivity contribution in [3.05, 3.63) is 18.7 Å². The predicted molar refractivity (Wildman–Crippen MR) is 46.8 cm³/mol. The number of rotatable bonds is 3. The van der Waals surface area contributed by atoms with Crippen molar-refractivity contribution in [2.75, 3.05) is 21.3 Å². The molecule has 0 aromatic carbocycles. The lowest BCUT2D eigenvalue weighted by molar-refractivity contribution is 0.163. The van der Waals surface area contributed by atoms with Gasteiger partial charge in [0.25, 0.3) is 0 Å². The Bertz CT molecular complexity index is 133. The van der Waals surface area contributed by atoms with E-state index in [2.05, 4.69) is 9.97 Å². The lowest BCUT2D eigenvalue weighted by Crippen LogP contribution is -2.21. The molecule has 12 heavy (non-hydrogen) atoms. The van der Waals surface area contributed by atoms with Crippen molar-refractivity contribution in [2.45, 2.75) is 0 Å². The normalized spacial score (nSPS) is 9.33. The highest BCUT2D eigenvalue weighted by atomic mass is 28.3. The lowest BCUT2D eigenvalue weighted by atomic mass is 11.0. The molecule has 5 nitrogen and oxygen atoms in total. The number of aromatic amines is 1. The van der Waals surface area contributed by atoms with Crippen LogP contribution in [0, 0.1) is 0 Å². The second kappa shape index (κ2) is 8.40. The first-order valence-electron chi connectivity index (χ1n) is 3.36. The summed E-state index contributed by atoms with van der Waals surface area (Å²) < 4.78 is 14.2. The average molecular weight is 190 g/mol. The molecule has 1 aromatic heterocycles. The largest absolute Gasteiger partial charge is 0.483 e. The summed E-state index contributed by atoms with van der Waals surface area (Å²) in [5.74, 6) is 0. The number of H-pyrrole nitrogens is 1. The summed E-state index contributed by atoms with van der Waals surface area (Å²) in [6.07, 6.45) is 5.08. The Morgan fingerprint density at radius 1 is 1.17 bits per heavy atom. The summed E-state index contributed by atoms with van der Waals surface area (Å²) in [6.45, 7) is 0. The molecule has 0 fully saturated rings. The van der Waals surface area contributed by atoms with E-state index in [1.165, 1.54) is 0 Å². The van der Waals surface area contributed by atoms with Crippen LogP contribution in [0.3, 0.4) is 0 Å². The summed E-state index contributed by atoms with van der Waals surface area (Å²) >= 11 is 0. The molecular weight excluding hydrogens is 176 g/mol. The zero-order valence-corrected chi connectivity index (χ0v) is 8.64. The first kappa shape index (κ1) is 11.3. The molecule has 0 saturated heterocycles. The minimum Gasteiger partial charge on any atom is -0.379 e. The minimum absolute atomic E-state index is 1.57. The van der Waals surface area contributed by atoms with Crippen molar-refractivity contribution < 1.29 is 13.3 Å². The van der Waals surface area contributed by atoms with Gasteiger partial charge in [0.15, 0.2) is 0 Å². The van der Waals surface area contributed by atoms with Gasteiger partial charge in [-0.2, -0.15) is 0 Å². The van der Waals surface area contributed by atoms with E-state index in [1.807, 2.05) is 0 Å². The average Bonchev–Trinajstić information content (AvgIpc) is 2.64. The van der Waals surface area contributed by atoms with E-state index in [4.69, 9.17) is 13.3 Å². The zero-order valence-electron chi connectivity index (χ0n) is 7.48. The van der Waals surface area contributed by atoms with Crippen LogP contribution in [0.15, 0.2) is 18.7 Å². The van der Waals surface area contributed by atoms with Gasteiger partial charge in [-0.1, -0.05) is 0 Å². The van der Waals surface area contributed by atoms with Crippen molar-refractivity contribution in [3.8, 4) is 0 Å². The third-order valence-corrected chi connectivity index (χ3v) is 2.14. The fraction of sp³-hybridized carbons (Fsp3) is 0.500. The summed E-state index contributed by atoms with van der Waals surface area (Å²) in [4.78, 5) is 6.42. The number of hydrogen-bond donors (Lipinski definition) is 1. The fourth-order valence-electron chi connectivity index (χ4n) is 0.504. The van der Waals surface area contributed by atoms with Crippen molar-refractivity contribution in [3.63, 3.8) is 0 Å². The van der Waals surface area contributed by atoms with Gasteiger partial charge in [0, 0.05) is 33.7 Å². The number of nitrogens with zero attached hydrogens (tertiary/aromatic N) is 1. The molecule has 0 saturated carbocycles. The van der Waals surface area contributed by atoms with E-state index in [0.29, 0.717) is 0 Å². The Labute approximate surface area is 73.6 Å². The van der Waals surface area contributed by atoms with E-state index in [-0.39, 0.29) is 0 Å². The van der Waals surface area contributed by atoms with Crippen LogP contribution in [0.2, 0.25) is 0 Å². The van der Waals surface area contributed by atoms with E-state index in [0.717, 1.165) is 0 Å². The molecule has 1 rings (SSSR count). The second-order valence-corrected chi connectivity index (χ2v) is 3.75. The standard InChI is InChI=1S/C3H4N2.C3H10O3Si/c1-2-5-3-4-1;1-4-7(5-2)6-3/h1-3H,(H,4,5);7H,1-3H3. The SMILES string of the molecule is CO[SiH](OC)OC.c1c[nH]cn1. The van der Waals surface area contributed by atoms with E-state index in [1.54, 1.807) is 40.1 Å². The van der Waals surface area contributed by atoms with Crippen molar-refractivity contribution in [2.24, 2.45) is 0 Å². The van der Waals surface area contributed by atoms with Crippen LogP contribution in [-0.2, 0) is 13.3 Å². The van der Waals surface area contributed by atoms with Gasteiger partial charge in [0.2, 0.25) is 0 Å². The van der Waals surface area contributed by atoms with Gasteiger partial charge in [-0.15, -0.1) is 0 Å². The van der Waals surface area contributed by atoms with Crippen molar-refractivity contribution in [1.82, 2.24) is 9.97 Å². The number of hydrogen-bond acceptors (Lipinski definition) is 4. The lowest BCUT2D eigenvalue weighted by Gasteiger charge is -2.05. The summed E-state index contributed by atoms with van der Waals surface area (Å²) in [7, 11) is 3.05. The molecular formula is C6H14N2O3Si. The molecule has 0 atom stereocenters. The summed E-state index contributed by atoms with van der Waals surface area (Å²) in [6, 6.07) is 0. The molecule has 1 heterocycles. The Hall–Kier alpha value is -0.693. The molecule has 70 valence electrons. The van der Waals surface area contributed by atoms with Crippen LogP contribution in [0.25, 0.3) is 0 Å². The van der Waals surface area contributed by atoms with Gasteiger partial charge < -0.3 is 18.3 Å². The Morgan fingerprint density at radius 2 is 1.75 bits per heavy atom. The van der Waals surface area contributed by atoms with Gasteiger partial charge in [0.1, 0.15) is 0 Å². The Balaban J connectivity index is 0.000000211. The molecule has 0 aliphatic carbocycles. The van der Waals surface area contributed by atoms with Gasteiger partial charge >= 0.3 is 9.53 Å². The van der Waals surface area contributed by atoms with E-state index >= 15 is 0 Å². The quantitative estimate of drug-likeness (QED) is 0.684. The van der Waals surface area contributed by atoms with Gasteiger partial charge in [-0.25, -0.2) is 4.98 Å². The van der Waals surface area contributed by atoms with E-state index in [9.17, 15) is 0 Å². The number of imidazole rings is 1. The van der Waals surface area contributed by atoms with Crippen LogP contribution in [0.1, 0.15) is 0 Å². The Morgan fingerprint density at radius 3 is 1.83 bits per heavy atom. The molecule has 1 N–H and O–H groups in total. The highest BCUT2D eigenvalue weighted by molar-refractivity contribution is 6.36. The molecule has 0 aliphatic heterocycles. The zero-order chi connectivity index (χ0) is 9.23. The topological polar surface area (TPSA) is 56.4 Å². The van der Waals surface area contributed by atoms with Crippen molar-refractivity contribution >= 4 is 9.53 Å². The van der Waals surface area contributed by atoms with Crippen LogP contribution in [0.5, 0.6) is 0 Å². The van der Waals surface area contributed by atoms with Gasteiger partial charge in [0.05, 0.1) is 6.33 Å². The molecule has 0 bridgehead atoms. The highest BCUT2D eigenvalue weighted by Crippen LogP contribution is 1.81. The first-order valence-corrected chi connectivity index (χ1v) is 4.77.